The fourth-order valence-electron chi connectivity index (χ4n) is 2.13. The number of carbonyl (C=O) groups is 1. The normalized spacial score (nSPS) is 10.3. The van der Waals surface area contributed by atoms with Gasteiger partial charge < -0.3 is 5.32 Å². The van der Waals surface area contributed by atoms with Crippen molar-refractivity contribution >= 4 is 33.2 Å². The zero-order valence-electron chi connectivity index (χ0n) is 11.4. The third-order valence-corrected chi connectivity index (χ3v) is 4.23. The van der Waals surface area contributed by atoms with Crippen molar-refractivity contribution in [2.24, 2.45) is 0 Å². The molecule has 0 spiro atoms. The Morgan fingerprint density at radius 2 is 1.91 bits per heavy atom. The molecule has 1 aromatic heterocycles. The van der Waals surface area contributed by atoms with Crippen molar-refractivity contribution in [1.29, 1.82) is 5.26 Å². The Labute approximate surface area is 130 Å². The molecule has 3 aromatic rings. The Morgan fingerprint density at radius 3 is 2.68 bits per heavy atom. The van der Waals surface area contributed by atoms with E-state index in [1.54, 1.807) is 36.4 Å². The standard InChI is InChI=1S/C16H11N3O2S/c17-9-11-5-1-3-7-13(11)18-15(20)10-19-16(21)12-6-2-4-8-14(12)22-19/h1-8H,10H2,(H,18,20). The minimum atomic E-state index is -0.337. The number of hydrogen-bond acceptors (Lipinski definition) is 4. The molecule has 0 saturated carbocycles. The van der Waals surface area contributed by atoms with Crippen molar-refractivity contribution in [2.45, 2.75) is 6.54 Å². The molecule has 1 heterocycles. The van der Waals surface area contributed by atoms with Crippen LogP contribution < -0.4 is 10.9 Å². The molecular weight excluding hydrogens is 298 g/mol. The highest BCUT2D eigenvalue weighted by molar-refractivity contribution is 7.13. The number of para-hydroxylation sites is 1. The molecule has 0 unspecified atom stereocenters. The molecule has 6 heteroatoms. The largest absolute Gasteiger partial charge is 0.323 e. The van der Waals surface area contributed by atoms with Gasteiger partial charge in [0.05, 0.1) is 21.3 Å². The molecule has 22 heavy (non-hydrogen) atoms. The van der Waals surface area contributed by atoms with Crippen LogP contribution in [0.15, 0.2) is 53.3 Å². The molecule has 0 saturated heterocycles. The van der Waals surface area contributed by atoms with Crippen LogP contribution >= 0.6 is 11.5 Å². The lowest BCUT2D eigenvalue weighted by Gasteiger charge is -2.06. The fraction of sp³-hybridized carbons (Fsp3) is 0.0625. The third kappa shape index (κ3) is 2.62. The molecule has 1 amide bonds. The maximum absolute atomic E-state index is 12.2. The van der Waals surface area contributed by atoms with Crippen LogP contribution in [-0.4, -0.2) is 9.86 Å². The van der Waals surface area contributed by atoms with Gasteiger partial charge in [0.2, 0.25) is 5.91 Å². The number of rotatable bonds is 3. The lowest BCUT2D eigenvalue weighted by molar-refractivity contribution is -0.116. The van der Waals surface area contributed by atoms with Gasteiger partial charge in [-0.1, -0.05) is 35.8 Å². The first-order valence-corrected chi connectivity index (χ1v) is 7.34. The average Bonchev–Trinajstić information content (AvgIpc) is 2.84. The summed E-state index contributed by atoms with van der Waals surface area (Å²) in [6.45, 7) is -0.0715. The van der Waals surface area contributed by atoms with E-state index in [1.165, 1.54) is 15.5 Å². The predicted molar refractivity (Wildman–Crippen MR) is 85.9 cm³/mol. The molecule has 0 aliphatic rings. The Balaban J connectivity index is 1.83. The van der Waals surface area contributed by atoms with Crippen LogP contribution in [-0.2, 0) is 11.3 Å². The van der Waals surface area contributed by atoms with Crippen LogP contribution in [0.25, 0.3) is 10.1 Å². The highest BCUT2D eigenvalue weighted by atomic mass is 32.1. The van der Waals surface area contributed by atoms with E-state index < -0.39 is 0 Å². The summed E-state index contributed by atoms with van der Waals surface area (Å²) >= 11 is 1.25. The number of benzene rings is 2. The Kier molecular flexibility index (Phi) is 3.73. The molecule has 0 radical (unpaired) electrons. The van der Waals surface area contributed by atoms with Crippen LogP contribution in [0, 0.1) is 11.3 Å². The SMILES string of the molecule is N#Cc1ccccc1NC(=O)Cn1sc2ccccc2c1=O. The van der Waals surface area contributed by atoms with Crippen molar-refractivity contribution in [3.63, 3.8) is 0 Å². The van der Waals surface area contributed by atoms with E-state index in [1.807, 2.05) is 18.2 Å². The molecular formula is C16H11N3O2S. The minimum absolute atomic E-state index is 0.0715. The van der Waals surface area contributed by atoms with Crippen molar-refractivity contribution in [2.75, 3.05) is 5.32 Å². The third-order valence-electron chi connectivity index (χ3n) is 3.16. The van der Waals surface area contributed by atoms with Gasteiger partial charge in [0.15, 0.2) is 0 Å². The van der Waals surface area contributed by atoms with Crippen LogP contribution in [0.3, 0.4) is 0 Å². The van der Waals surface area contributed by atoms with Crippen LogP contribution in [0.5, 0.6) is 0 Å². The zero-order chi connectivity index (χ0) is 15.5. The number of aromatic nitrogens is 1. The average molecular weight is 309 g/mol. The van der Waals surface area contributed by atoms with Gasteiger partial charge in [-0.15, -0.1) is 0 Å². The number of anilines is 1. The highest BCUT2D eigenvalue weighted by Gasteiger charge is 2.11. The predicted octanol–water partition coefficient (Wildman–Crippen LogP) is 2.57. The van der Waals surface area contributed by atoms with E-state index in [2.05, 4.69) is 5.32 Å². The lowest BCUT2D eigenvalue weighted by atomic mass is 10.2. The smallest absolute Gasteiger partial charge is 0.268 e. The second kappa shape index (κ2) is 5.84. The fourth-order valence-corrected chi connectivity index (χ4v) is 3.12. The zero-order valence-corrected chi connectivity index (χ0v) is 12.3. The second-order valence-electron chi connectivity index (χ2n) is 4.63. The molecule has 0 aliphatic carbocycles. The van der Waals surface area contributed by atoms with E-state index >= 15 is 0 Å². The maximum atomic E-state index is 12.2. The van der Waals surface area contributed by atoms with Crippen molar-refractivity contribution in [3.05, 3.63) is 64.4 Å². The molecule has 0 fully saturated rings. The Bertz CT molecular complexity index is 950. The van der Waals surface area contributed by atoms with E-state index in [9.17, 15) is 9.59 Å². The summed E-state index contributed by atoms with van der Waals surface area (Å²) in [6.07, 6.45) is 0. The summed E-state index contributed by atoms with van der Waals surface area (Å²) in [4.78, 5) is 24.3. The first-order chi connectivity index (χ1) is 10.7. The minimum Gasteiger partial charge on any atom is -0.323 e. The molecule has 1 N–H and O–H groups in total. The van der Waals surface area contributed by atoms with Gasteiger partial charge in [0, 0.05) is 0 Å². The summed E-state index contributed by atoms with van der Waals surface area (Å²) in [6, 6.07) is 16.0. The lowest BCUT2D eigenvalue weighted by Crippen LogP contribution is -2.24. The van der Waals surface area contributed by atoms with Crippen molar-refractivity contribution in [1.82, 2.24) is 3.96 Å². The van der Waals surface area contributed by atoms with Crippen molar-refractivity contribution in [3.8, 4) is 6.07 Å². The second-order valence-corrected chi connectivity index (χ2v) is 5.70. The van der Waals surface area contributed by atoms with E-state index in [-0.39, 0.29) is 18.0 Å². The first kappa shape index (κ1) is 14.0. The van der Waals surface area contributed by atoms with Gasteiger partial charge in [0.25, 0.3) is 5.56 Å². The number of amides is 1. The Morgan fingerprint density at radius 1 is 1.18 bits per heavy atom. The monoisotopic (exact) mass is 309 g/mol. The summed E-state index contributed by atoms with van der Waals surface area (Å²) < 4.78 is 2.26. The van der Waals surface area contributed by atoms with Gasteiger partial charge >= 0.3 is 0 Å². The molecule has 0 aliphatic heterocycles. The molecule has 0 atom stereocenters. The number of nitrogens with one attached hydrogen (secondary N) is 1. The molecule has 108 valence electrons. The van der Waals surface area contributed by atoms with Crippen LogP contribution in [0.2, 0.25) is 0 Å². The number of hydrogen-bond donors (Lipinski definition) is 1. The Hall–Kier alpha value is -2.91. The van der Waals surface area contributed by atoms with Crippen molar-refractivity contribution < 1.29 is 4.79 Å². The summed E-state index contributed by atoms with van der Waals surface area (Å²) in [5.41, 5.74) is 0.660. The number of nitriles is 1. The summed E-state index contributed by atoms with van der Waals surface area (Å²) in [7, 11) is 0. The first-order valence-electron chi connectivity index (χ1n) is 6.57. The summed E-state index contributed by atoms with van der Waals surface area (Å²) in [5, 5.41) is 12.3. The van der Waals surface area contributed by atoms with Gasteiger partial charge in [-0.05, 0) is 24.3 Å². The molecule has 5 nitrogen and oxygen atoms in total. The topological polar surface area (TPSA) is 74.9 Å². The summed E-state index contributed by atoms with van der Waals surface area (Å²) in [5.74, 6) is -0.337. The van der Waals surface area contributed by atoms with Gasteiger partial charge in [-0.2, -0.15) is 5.26 Å². The highest BCUT2D eigenvalue weighted by Crippen LogP contribution is 2.17. The van der Waals surface area contributed by atoms with Gasteiger partial charge in [-0.25, -0.2) is 0 Å². The maximum Gasteiger partial charge on any atom is 0.268 e. The molecule has 0 bridgehead atoms. The number of fused-ring (bicyclic) bond motifs is 1. The number of nitrogens with zero attached hydrogens (tertiary/aromatic N) is 2. The number of carbonyl (C=O) groups excluding carboxylic acids is 1. The van der Waals surface area contributed by atoms with Gasteiger partial charge in [-0.3, -0.25) is 13.5 Å². The quantitative estimate of drug-likeness (QED) is 0.808. The molecule has 2 aromatic carbocycles. The van der Waals surface area contributed by atoms with Crippen LogP contribution in [0.1, 0.15) is 5.56 Å². The van der Waals surface area contributed by atoms with E-state index in [4.69, 9.17) is 5.26 Å². The van der Waals surface area contributed by atoms with Gasteiger partial charge in [0.1, 0.15) is 12.6 Å². The van der Waals surface area contributed by atoms with Crippen LogP contribution in [0.4, 0.5) is 5.69 Å². The molecule has 3 rings (SSSR count). The van der Waals surface area contributed by atoms with E-state index in [0.717, 1.165) is 4.70 Å². The van der Waals surface area contributed by atoms with E-state index in [0.29, 0.717) is 16.6 Å².